The Morgan fingerprint density at radius 1 is 0.694 bits per heavy atom. The maximum Gasteiger partial charge on any atom is 0.320 e. The molecule has 8 heteroatoms. The summed E-state index contributed by atoms with van der Waals surface area (Å²) < 4.78 is 34.5. The Bertz CT molecular complexity index is 961. The molecule has 0 amide bonds. The van der Waals surface area contributed by atoms with Crippen LogP contribution >= 0.6 is 0 Å². The van der Waals surface area contributed by atoms with Gasteiger partial charge in [-0.05, 0) is 110 Å². The van der Waals surface area contributed by atoms with Crippen molar-refractivity contribution in [1.29, 1.82) is 0 Å². The molecule has 9 atom stereocenters. The van der Waals surface area contributed by atoms with Crippen molar-refractivity contribution in [2.45, 2.75) is 118 Å². The number of ether oxygens (including phenoxy) is 6. The first-order valence-electron chi connectivity index (χ1n) is 20.5. The Hall–Kier alpha value is -0.770. The van der Waals surface area contributed by atoms with E-state index in [1.54, 1.807) is 0 Å². The molecule has 284 valence electrons. The van der Waals surface area contributed by atoms with Gasteiger partial charge < -0.3 is 28.4 Å². The lowest BCUT2D eigenvalue weighted by molar-refractivity contribution is -0.164. The van der Waals surface area contributed by atoms with Gasteiger partial charge in [0.25, 0.3) is 0 Å². The molecule has 0 aromatic rings. The number of fused-ring (bicyclic) bond motifs is 5. The summed E-state index contributed by atoms with van der Waals surface area (Å²) in [6, 6.07) is 0. The Morgan fingerprint density at radius 2 is 1.27 bits per heavy atom. The van der Waals surface area contributed by atoms with E-state index in [0.29, 0.717) is 95.9 Å². The van der Waals surface area contributed by atoms with Crippen LogP contribution in [0.15, 0.2) is 0 Å². The van der Waals surface area contributed by atoms with Crippen molar-refractivity contribution < 1.29 is 33.2 Å². The zero-order chi connectivity index (χ0) is 34.7. The SMILES string of the molecule is CC(C)CCC[C@@H](C)[C@H]1CC[C@H]2[C@@H]3CCC4CC(OC(=O)CN5CCOCCOCCOCCOCCOCC5)CC[C@]4(C)[C@H]3CC[C@]12C. The quantitative estimate of drug-likeness (QED) is 0.244. The molecule has 0 N–H and O–H groups in total. The molecular weight excluding hydrogens is 618 g/mol. The van der Waals surface area contributed by atoms with E-state index >= 15 is 0 Å². The number of esters is 1. The predicted molar refractivity (Wildman–Crippen MR) is 193 cm³/mol. The zero-order valence-corrected chi connectivity index (χ0v) is 32.1. The van der Waals surface area contributed by atoms with Crippen LogP contribution in [0.4, 0.5) is 0 Å². The largest absolute Gasteiger partial charge is 0.461 e. The van der Waals surface area contributed by atoms with Crippen LogP contribution in [0.2, 0.25) is 0 Å². The van der Waals surface area contributed by atoms with E-state index in [4.69, 9.17) is 28.4 Å². The number of hydrogen-bond donors (Lipinski definition) is 0. The molecule has 0 spiro atoms. The third-order valence-electron chi connectivity index (χ3n) is 14.1. The van der Waals surface area contributed by atoms with Gasteiger partial charge in [0.15, 0.2) is 0 Å². The summed E-state index contributed by atoms with van der Waals surface area (Å²) >= 11 is 0. The Balaban J connectivity index is 1.09. The zero-order valence-electron chi connectivity index (χ0n) is 32.1. The standard InChI is InChI=1S/C41H73NO7/c1-31(2)7-6-8-32(3)36-11-12-37-35-10-9-33-29-34(13-15-40(33,4)38(35)14-16-41(36,37)5)49-39(43)30-42-17-19-44-21-23-46-25-27-48-28-26-47-24-22-45-20-18-42/h31-38H,6-30H2,1-5H3/t32-,33?,34?,35+,36-,37+,38+,40+,41-/m1/s1. The summed E-state index contributed by atoms with van der Waals surface area (Å²) in [5.41, 5.74) is 0.939. The van der Waals surface area contributed by atoms with Crippen molar-refractivity contribution in [2.75, 3.05) is 85.7 Å². The lowest BCUT2D eigenvalue weighted by atomic mass is 9.44. The lowest BCUT2D eigenvalue weighted by Gasteiger charge is -2.61. The fourth-order valence-electron chi connectivity index (χ4n) is 11.4. The fourth-order valence-corrected chi connectivity index (χ4v) is 11.4. The van der Waals surface area contributed by atoms with Crippen molar-refractivity contribution in [3.8, 4) is 0 Å². The number of carbonyl (C=O) groups is 1. The minimum Gasteiger partial charge on any atom is -0.461 e. The molecule has 0 aromatic carbocycles. The van der Waals surface area contributed by atoms with Crippen LogP contribution in [-0.4, -0.2) is 103 Å². The highest BCUT2D eigenvalue weighted by Crippen LogP contribution is 2.68. The van der Waals surface area contributed by atoms with E-state index in [0.717, 1.165) is 48.3 Å². The Labute approximate surface area is 299 Å². The first kappa shape index (κ1) is 39.4. The first-order chi connectivity index (χ1) is 23.7. The predicted octanol–water partition coefficient (Wildman–Crippen LogP) is 7.42. The summed E-state index contributed by atoms with van der Waals surface area (Å²) in [6.45, 7) is 19.7. The maximum absolute atomic E-state index is 13.3. The molecule has 0 bridgehead atoms. The molecule has 49 heavy (non-hydrogen) atoms. The Kier molecular flexibility index (Phi) is 15.6. The molecule has 1 heterocycles. The molecule has 2 unspecified atom stereocenters. The molecule has 1 aliphatic heterocycles. The molecule has 4 aliphatic carbocycles. The van der Waals surface area contributed by atoms with Gasteiger partial charge in [0.2, 0.25) is 0 Å². The second kappa shape index (κ2) is 19.3. The van der Waals surface area contributed by atoms with Gasteiger partial charge in [-0.25, -0.2) is 0 Å². The van der Waals surface area contributed by atoms with Crippen LogP contribution in [0.25, 0.3) is 0 Å². The second-order valence-corrected chi connectivity index (χ2v) is 17.4. The van der Waals surface area contributed by atoms with Gasteiger partial charge >= 0.3 is 5.97 Å². The molecule has 0 radical (unpaired) electrons. The third-order valence-corrected chi connectivity index (χ3v) is 14.1. The molecule has 1 saturated heterocycles. The minimum absolute atomic E-state index is 0.0460. The average Bonchev–Trinajstić information content (AvgIpc) is 3.43. The molecule has 4 saturated carbocycles. The second-order valence-electron chi connectivity index (χ2n) is 17.4. The smallest absolute Gasteiger partial charge is 0.320 e. The van der Waals surface area contributed by atoms with Crippen LogP contribution in [0.1, 0.15) is 112 Å². The highest BCUT2D eigenvalue weighted by atomic mass is 16.6. The maximum atomic E-state index is 13.3. The summed E-state index contributed by atoms with van der Waals surface area (Å²) in [5, 5.41) is 0. The summed E-state index contributed by atoms with van der Waals surface area (Å²) in [6.07, 6.45) is 16.0. The average molecular weight is 692 g/mol. The number of nitrogens with zero attached hydrogens (tertiary/aromatic N) is 1. The van der Waals surface area contributed by atoms with E-state index in [1.165, 1.54) is 64.2 Å². The van der Waals surface area contributed by atoms with Gasteiger partial charge in [-0.1, -0.05) is 53.9 Å². The van der Waals surface area contributed by atoms with E-state index in [9.17, 15) is 4.79 Å². The van der Waals surface area contributed by atoms with Gasteiger partial charge in [0, 0.05) is 13.1 Å². The Morgan fingerprint density at radius 3 is 1.88 bits per heavy atom. The molecule has 0 aromatic heterocycles. The van der Waals surface area contributed by atoms with E-state index in [2.05, 4.69) is 39.5 Å². The molecule has 5 rings (SSSR count). The molecule has 5 fully saturated rings. The summed E-state index contributed by atoms with van der Waals surface area (Å²) in [5.74, 6) is 5.82. The van der Waals surface area contributed by atoms with Crippen molar-refractivity contribution in [3.63, 3.8) is 0 Å². The fraction of sp³-hybridized carbons (Fsp3) is 0.976. The van der Waals surface area contributed by atoms with Crippen LogP contribution in [0, 0.1) is 52.3 Å². The van der Waals surface area contributed by atoms with Crippen LogP contribution in [0.5, 0.6) is 0 Å². The lowest BCUT2D eigenvalue weighted by Crippen LogP contribution is -2.54. The summed E-state index contributed by atoms with van der Waals surface area (Å²) in [4.78, 5) is 15.4. The number of carbonyl (C=O) groups excluding carboxylic acids is 1. The molecular formula is C41H73NO7. The first-order valence-corrected chi connectivity index (χ1v) is 20.5. The highest BCUT2D eigenvalue weighted by Gasteiger charge is 2.60. The van der Waals surface area contributed by atoms with Gasteiger partial charge in [-0.15, -0.1) is 0 Å². The normalized spacial score (nSPS) is 38.4. The van der Waals surface area contributed by atoms with Gasteiger partial charge in [0.05, 0.1) is 72.6 Å². The number of hydrogen-bond acceptors (Lipinski definition) is 8. The van der Waals surface area contributed by atoms with Crippen molar-refractivity contribution in [2.24, 2.45) is 52.3 Å². The molecule has 8 nitrogen and oxygen atoms in total. The monoisotopic (exact) mass is 692 g/mol. The minimum atomic E-state index is -0.107. The summed E-state index contributed by atoms with van der Waals surface area (Å²) in [7, 11) is 0. The van der Waals surface area contributed by atoms with Crippen molar-refractivity contribution in [3.05, 3.63) is 0 Å². The highest BCUT2D eigenvalue weighted by molar-refractivity contribution is 5.71. The third kappa shape index (κ3) is 10.7. The van der Waals surface area contributed by atoms with Crippen LogP contribution in [0.3, 0.4) is 0 Å². The van der Waals surface area contributed by atoms with Crippen molar-refractivity contribution in [1.82, 2.24) is 4.90 Å². The van der Waals surface area contributed by atoms with E-state index in [1.807, 2.05) is 0 Å². The van der Waals surface area contributed by atoms with Gasteiger partial charge in [-0.2, -0.15) is 0 Å². The topological polar surface area (TPSA) is 75.7 Å². The van der Waals surface area contributed by atoms with Crippen molar-refractivity contribution >= 4 is 5.97 Å². The number of rotatable bonds is 8. The van der Waals surface area contributed by atoms with E-state index < -0.39 is 0 Å². The van der Waals surface area contributed by atoms with E-state index in [-0.39, 0.29) is 18.6 Å². The van der Waals surface area contributed by atoms with Crippen LogP contribution < -0.4 is 0 Å². The van der Waals surface area contributed by atoms with Gasteiger partial charge in [0.1, 0.15) is 6.10 Å². The molecule has 5 aliphatic rings. The van der Waals surface area contributed by atoms with Gasteiger partial charge in [-0.3, -0.25) is 9.69 Å². The van der Waals surface area contributed by atoms with Crippen LogP contribution in [-0.2, 0) is 33.2 Å².